The van der Waals surface area contributed by atoms with Crippen molar-refractivity contribution < 1.29 is 5.21 Å². The van der Waals surface area contributed by atoms with Gasteiger partial charge in [0, 0.05) is 5.92 Å². The molecule has 0 saturated heterocycles. The van der Waals surface area contributed by atoms with Gasteiger partial charge in [-0.15, -0.1) is 0 Å². The Balaban J connectivity index is 2.60. The van der Waals surface area contributed by atoms with Gasteiger partial charge >= 0.3 is 0 Å². The average Bonchev–Trinajstić information content (AvgIpc) is 2.32. The second kappa shape index (κ2) is 3.56. The molecule has 11 heavy (non-hydrogen) atoms. The molecule has 1 rings (SSSR count). The molecule has 1 N–H and O–H groups in total. The van der Waals surface area contributed by atoms with E-state index in [9.17, 15) is 0 Å². The van der Waals surface area contributed by atoms with Crippen molar-refractivity contribution in [2.45, 2.75) is 33.1 Å². The van der Waals surface area contributed by atoms with Crippen LogP contribution >= 0.6 is 0 Å². The third-order valence-electron chi connectivity index (χ3n) is 2.13. The van der Waals surface area contributed by atoms with Gasteiger partial charge in [-0.25, -0.2) is 0 Å². The zero-order valence-electron chi connectivity index (χ0n) is 7.17. The predicted molar refractivity (Wildman–Crippen MR) is 46.0 cm³/mol. The minimum absolute atomic E-state index is 0.477. The summed E-state index contributed by atoms with van der Waals surface area (Å²) in [4.78, 5) is 0. The lowest BCUT2D eigenvalue weighted by Gasteiger charge is -2.06. The fourth-order valence-electron chi connectivity index (χ4n) is 1.63. The molecule has 0 aromatic rings. The summed E-state index contributed by atoms with van der Waals surface area (Å²) < 4.78 is 0. The predicted octanol–water partition coefficient (Wildman–Crippen LogP) is 2.58. The molecule has 0 heterocycles. The van der Waals surface area contributed by atoms with E-state index >= 15 is 0 Å². The lowest BCUT2D eigenvalue weighted by Crippen LogP contribution is -2.06. The maximum atomic E-state index is 8.62. The topological polar surface area (TPSA) is 32.6 Å². The second-order valence-corrected chi connectivity index (χ2v) is 3.21. The van der Waals surface area contributed by atoms with Gasteiger partial charge in [0.2, 0.25) is 0 Å². The Bertz CT molecular complexity index is 194. The molecule has 0 amide bonds. The van der Waals surface area contributed by atoms with E-state index in [1.165, 1.54) is 5.57 Å². The zero-order valence-corrected chi connectivity index (χ0v) is 7.17. The SMILES string of the molecule is CCCC1CC(C)=C/C1=N/O. The van der Waals surface area contributed by atoms with Gasteiger partial charge < -0.3 is 5.21 Å². The van der Waals surface area contributed by atoms with Crippen molar-refractivity contribution in [1.82, 2.24) is 0 Å². The first-order valence-corrected chi connectivity index (χ1v) is 4.17. The van der Waals surface area contributed by atoms with Gasteiger partial charge in [-0.1, -0.05) is 24.1 Å². The van der Waals surface area contributed by atoms with Gasteiger partial charge in [-0.2, -0.15) is 0 Å². The van der Waals surface area contributed by atoms with Gasteiger partial charge in [0.05, 0.1) is 5.71 Å². The molecule has 62 valence electrons. The molecule has 1 aliphatic carbocycles. The molecule has 0 aliphatic heterocycles. The monoisotopic (exact) mass is 153 g/mol. The van der Waals surface area contributed by atoms with Crippen LogP contribution in [0.4, 0.5) is 0 Å². The van der Waals surface area contributed by atoms with Crippen LogP contribution in [0.1, 0.15) is 33.1 Å². The molecule has 2 nitrogen and oxygen atoms in total. The van der Waals surface area contributed by atoms with Crippen molar-refractivity contribution in [3.8, 4) is 0 Å². The van der Waals surface area contributed by atoms with Crippen LogP contribution in [0.25, 0.3) is 0 Å². The molecular formula is C9H15NO. The van der Waals surface area contributed by atoms with Crippen molar-refractivity contribution in [3.63, 3.8) is 0 Å². The highest BCUT2D eigenvalue weighted by molar-refractivity contribution is 5.99. The average molecular weight is 153 g/mol. The van der Waals surface area contributed by atoms with Crippen LogP contribution in [0.2, 0.25) is 0 Å². The number of nitrogens with zero attached hydrogens (tertiary/aromatic N) is 1. The summed E-state index contributed by atoms with van der Waals surface area (Å²) in [6, 6.07) is 0. The molecule has 1 aliphatic rings. The highest BCUT2D eigenvalue weighted by Gasteiger charge is 2.20. The molecule has 0 spiro atoms. The molecule has 1 atom stereocenters. The molecule has 0 bridgehead atoms. The first-order chi connectivity index (χ1) is 5.27. The van der Waals surface area contributed by atoms with E-state index in [2.05, 4.69) is 19.0 Å². The fraction of sp³-hybridized carbons (Fsp3) is 0.667. The van der Waals surface area contributed by atoms with Crippen LogP contribution in [-0.4, -0.2) is 10.9 Å². The third kappa shape index (κ3) is 1.82. The normalized spacial score (nSPS) is 27.6. The summed E-state index contributed by atoms with van der Waals surface area (Å²) >= 11 is 0. The Morgan fingerprint density at radius 2 is 2.45 bits per heavy atom. The highest BCUT2D eigenvalue weighted by Crippen LogP contribution is 2.25. The van der Waals surface area contributed by atoms with Gasteiger partial charge in [0.1, 0.15) is 0 Å². The van der Waals surface area contributed by atoms with E-state index in [1.54, 1.807) is 0 Å². The first kappa shape index (κ1) is 8.31. The second-order valence-electron chi connectivity index (χ2n) is 3.21. The fourth-order valence-corrected chi connectivity index (χ4v) is 1.63. The van der Waals surface area contributed by atoms with Crippen LogP contribution in [0.3, 0.4) is 0 Å². The van der Waals surface area contributed by atoms with Gasteiger partial charge in [-0.05, 0) is 25.8 Å². The van der Waals surface area contributed by atoms with Gasteiger partial charge in [0.25, 0.3) is 0 Å². The van der Waals surface area contributed by atoms with Crippen molar-refractivity contribution in [3.05, 3.63) is 11.6 Å². The summed E-state index contributed by atoms with van der Waals surface area (Å²) in [6.07, 6.45) is 5.35. The van der Waals surface area contributed by atoms with E-state index in [0.717, 1.165) is 25.0 Å². The maximum absolute atomic E-state index is 8.62. The summed E-state index contributed by atoms with van der Waals surface area (Å²) in [7, 11) is 0. The van der Waals surface area contributed by atoms with Crippen LogP contribution in [0, 0.1) is 5.92 Å². The van der Waals surface area contributed by atoms with Crippen LogP contribution < -0.4 is 0 Å². The van der Waals surface area contributed by atoms with Crippen LogP contribution in [0.5, 0.6) is 0 Å². The number of allylic oxidation sites excluding steroid dienone is 2. The third-order valence-corrected chi connectivity index (χ3v) is 2.13. The van der Waals surface area contributed by atoms with Crippen molar-refractivity contribution in [2.24, 2.45) is 11.1 Å². The molecule has 0 aromatic heterocycles. The Morgan fingerprint density at radius 3 is 3.00 bits per heavy atom. The number of hydrogen-bond acceptors (Lipinski definition) is 2. The molecule has 0 fully saturated rings. The number of oxime groups is 1. The summed E-state index contributed by atoms with van der Waals surface area (Å²) in [5.41, 5.74) is 2.20. The van der Waals surface area contributed by atoms with E-state index in [-0.39, 0.29) is 0 Å². The first-order valence-electron chi connectivity index (χ1n) is 4.17. The Hall–Kier alpha value is -0.790. The molecule has 2 heteroatoms. The quantitative estimate of drug-likeness (QED) is 0.480. The van der Waals surface area contributed by atoms with Crippen molar-refractivity contribution >= 4 is 5.71 Å². The van der Waals surface area contributed by atoms with Gasteiger partial charge in [0.15, 0.2) is 0 Å². The van der Waals surface area contributed by atoms with Gasteiger partial charge in [-0.3, -0.25) is 0 Å². The summed E-state index contributed by atoms with van der Waals surface area (Å²) in [6.45, 7) is 4.24. The molecular weight excluding hydrogens is 138 g/mol. The van der Waals surface area contributed by atoms with Crippen LogP contribution in [-0.2, 0) is 0 Å². The van der Waals surface area contributed by atoms with Crippen molar-refractivity contribution in [2.75, 3.05) is 0 Å². The minimum Gasteiger partial charge on any atom is -0.411 e. The smallest absolute Gasteiger partial charge is 0.0829 e. The Kier molecular flexibility index (Phi) is 2.69. The molecule has 0 aromatic carbocycles. The van der Waals surface area contributed by atoms with E-state index in [4.69, 9.17) is 5.21 Å². The van der Waals surface area contributed by atoms with Crippen LogP contribution in [0.15, 0.2) is 16.8 Å². The minimum atomic E-state index is 0.477. The summed E-state index contributed by atoms with van der Waals surface area (Å²) in [5.74, 6) is 0.477. The standard InChI is InChI=1S/C9H15NO/c1-3-4-8-5-7(2)6-9(8)10-11/h6,8,11H,3-5H2,1-2H3/b10-9-. The highest BCUT2D eigenvalue weighted by atomic mass is 16.4. The molecule has 1 unspecified atom stereocenters. The summed E-state index contributed by atoms with van der Waals surface area (Å²) in [5, 5.41) is 11.9. The van der Waals surface area contributed by atoms with E-state index in [0.29, 0.717) is 5.92 Å². The Morgan fingerprint density at radius 1 is 1.73 bits per heavy atom. The maximum Gasteiger partial charge on any atom is 0.0829 e. The Labute approximate surface area is 67.6 Å². The van der Waals surface area contributed by atoms with E-state index in [1.807, 2.05) is 6.08 Å². The van der Waals surface area contributed by atoms with E-state index < -0.39 is 0 Å². The zero-order chi connectivity index (χ0) is 8.27. The molecule has 0 saturated carbocycles. The lowest BCUT2D eigenvalue weighted by atomic mass is 9.99. The molecule has 0 radical (unpaired) electrons. The largest absolute Gasteiger partial charge is 0.411 e. The number of hydrogen-bond donors (Lipinski definition) is 1. The van der Waals surface area contributed by atoms with Crippen molar-refractivity contribution in [1.29, 1.82) is 0 Å². The number of rotatable bonds is 2. The lowest BCUT2D eigenvalue weighted by molar-refractivity contribution is 0.315.